The Hall–Kier alpha value is -0.570. The molecule has 0 fully saturated rings. The lowest BCUT2D eigenvalue weighted by Crippen LogP contribution is -2.29. The SMILES string of the molecule is CCCN1COC(C)(C)CC(C)=N1. The molecule has 0 saturated heterocycles. The number of rotatable bonds is 2. The molecule has 0 aromatic heterocycles. The molecular formula is C10H20N2O. The van der Waals surface area contributed by atoms with Crippen LogP contribution in [0.2, 0.25) is 0 Å². The van der Waals surface area contributed by atoms with Gasteiger partial charge < -0.3 is 4.74 Å². The number of ether oxygens (including phenoxy) is 1. The van der Waals surface area contributed by atoms with Crippen LogP contribution in [-0.2, 0) is 4.74 Å². The lowest BCUT2D eigenvalue weighted by Gasteiger charge is -2.24. The highest BCUT2D eigenvalue weighted by atomic mass is 16.5. The van der Waals surface area contributed by atoms with Crippen molar-refractivity contribution in [1.82, 2.24) is 5.01 Å². The Morgan fingerprint density at radius 3 is 2.85 bits per heavy atom. The first-order valence-corrected chi connectivity index (χ1v) is 4.96. The third kappa shape index (κ3) is 3.35. The van der Waals surface area contributed by atoms with Crippen molar-refractivity contribution in [1.29, 1.82) is 0 Å². The van der Waals surface area contributed by atoms with E-state index in [1.165, 1.54) is 0 Å². The minimum Gasteiger partial charge on any atom is -0.353 e. The first-order chi connectivity index (χ1) is 6.03. The summed E-state index contributed by atoms with van der Waals surface area (Å²) in [7, 11) is 0. The quantitative estimate of drug-likeness (QED) is 0.657. The summed E-state index contributed by atoms with van der Waals surface area (Å²) < 4.78 is 5.74. The maximum absolute atomic E-state index is 5.74. The molecule has 0 bridgehead atoms. The van der Waals surface area contributed by atoms with Gasteiger partial charge in [0, 0.05) is 18.7 Å². The van der Waals surface area contributed by atoms with Crippen molar-refractivity contribution in [3.05, 3.63) is 0 Å². The van der Waals surface area contributed by atoms with Gasteiger partial charge in [0.25, 0.3) is 0 Å². The van der Waals surface area contributed by atoms with E-state index in [9.17, 15) is 0 Å². The van der Waals surface area contributed by atoms with Crippen LogP contribution in [-0.4, -0.2) is 29.6 Å². The molecule has 0 amide bonds. The van der Waals surface area contributed by atoms with Crippen molar-refractivity contribution in [2.24, 2.45) is 5.10 Å². The second-order valence-electron chi connectivity index (χ2n) is 4.28. The number of hydrazone groups is 1. The van der Waals surface area contributed by atoms with E-state index >= 15 is 0 Å². The summed E-state index contributed by atoms with van der Waals surface area (Å²) in [4.78, 5) is 0. The van der Waals surface area contributed by atoms with Gasteiger partial charge in [-0.3, -0.25) is 5.01 Å². The zero-order valence-corrected chi connectivity index (χ0v) is 9.13. The second kappa shape index (κ2) is 4.09. The van der Waals surface area contributed by atoms with Crippen LogP contribution in [0.3, 0.4) is 0 Å². The maximum atomic E-state index is 5.74. The fraction of sp³-hybridized carbons (Fsp3) is 0.900. The molecule has 0 aromatic rings. The average Bonchev–Trinajstić information content (AvgIpc) is 2.10. The molecule has 0 N–H and O–H groups in total. The molecule has 0 radical (unpaired) electrons. The summed E-state index contributed by atoms with van der Waals surface area (Å²) in [5, 5.41) is 6.49. The van der Waals surface area contributed by atoms with Crippen molar-refractivity contribution in [3.8, 4) is 0 Å². The van der Waals surface area contributed by atoms with Gasteiger partial charge in [0.2, 0.25) is 0 Å². The van der Waals surface area contributed by atoms with Crippen LogP contribution >= 0.6 is 0 Å². The standard InChI is InChI=1S/C10H20N2O/c1-5-6-12-8-13-10(3,4)7-9(2)11-12/h5-8H2,1-4H3. The third-order valence-electron chi connectivity index (χ3n) is 2.08. The zero-order chi connectivity index (χ0) is 9.90. The van der Waals surface area contributed by atoms with E-state index in [1.54, 1.807) is 0 Å². The van der Waals surface area contributed by atoms with E-state index in [4.69, 9.17) is 4.74 Å². The first kappa shape index (κ1) is 10.5. The lowest BCUT2D eigenvalue weighted by molar-refractivity contribution is -0.0618. The molecule has 0 atom stereocenters. The van der Waals surface area contributed by atoms with E-state index in [-0.39, 0.29) is 5.60 Å². The zero-order valence-electron chi connectivity index (χ0n) is 9.13. The van der Waals surface area contributed by atoms with Gasteiger partial charge >= 0.3 is 0 Å². The number of hydrogen-bond acceptors (Lipinski definition) is 3. The summed E-state index contributed by atoms with van der Waals surface area (Å²) in [6, 6.07) is 0. The minimum atomic E-state index is -0.0594. The Kier molecular flexibility index (Phi) is 3.31. The monoisotopic (exact) mass is 184 g/mol. The highest BCUT2D eigenvalue weighted by Crippen LogP contribution is 2.19. The minimum absolute atomic E-state index is 0.0594. The summed E-state index contributed by atoms with van der Waals surface area (Å²) in [6.07, 6.45) is 2.04. The maximum Gasteiger partial charge on any atom is 0.135 e. The van der Waals surface area contributed by atoms with Crippen LogP contribution in [0.25, 0.3) is 0 Å². The van der Waals surface area contributed by atoms with E-state index in [2.05, 4.69) is 32.8 Å². The van der Waals surface area contributed by atoms with Crippen LogP contribution in [0.1, 0.15) is 40.5 Å². The highest BCUT2D eigenvalue weighted by molar-refractivity contribution is 5.82. The molecule has 1 aliphatic rings. The summed E-state index contributed by atoms with van der Waals surface area (Å²) in [6.45, 7) is 10.1. The van der Waals surface area contributed by atoms with Crippen LogP contribution in [0.5, 0.6) is 0 Å². The fourth-order valence-electron chi connectivity index (χ4n) is 1.59. The van der Waals surface area contributed by atoms with E-state index in [0.29, 0.717) is 6.73 Å². The Balaban J connectivity index is 2.60. The van der Waals surface area contributed by atoms with Crippen LogP contribution < -0.4 is 0 Å². The van der Waals surface area contributed by atoms with Crippen LogP contribution in [0, 0.1) is 0 Å². The Labute approximate surface area is 80.8 Å². The van der Waals surface area contributed by atoms with Gasteiger partial charge in [-0.2, -0.15) is 5.10 Å². The van der Waals surface area contributed by atoms with Crippen molar-refractivity contribution < 1.29 is 4.74 Å². The van der Waals surface area contributed by atoms with Crippen molar-refractivity contribution in [2.45, 2.75) is 46.1 Å². The largest absolute Gasteiger partial charge is 0.353 e. The molecular weight excluding hydrogens is 164 g/mol. The molecule has 0 aliphatic carbocycles. The van der Waals surface area contributed by atoms with Gasteiger partial charge in [-0.25, -0.2) is 0 Å². The lowest BCUT2D eigenvalue weighted by atomic mass is 10.0. The molecule has 0 unspecified atom stereocenters. The molecule has 76 valence electrons. The highest BCUT2D eigenvalue weighted by Gasteiger charge is 2.23. The molecule has 0 spiro atoms. The number of nitrogens with zero attached hydrogens (tertiary/aromatic N) is 2. The predicted octanol–water partition coefficient (Wildman–Crippen LogP) is 2.23. The van der Waals surface area contributed by atoms with Crippen LogP contribution in [0.15, 0.2) is 5.10 Å². The molecule has 3 nitrogen and oxygen atoms in total. The van der Waals surface area contributed by atoms with Crippen LogP contribution in [0.4, 0.5) is 0 Å². The topological polar surface area (TPSA) is 24.8 Å². The second-order valence-corrected chi connectivity index (χ2v) is 4.28. The van der Waals surface area contributed by atoms with Gasteiger partial charge in [-0.05, 0) is 27.2 Å². The van der Waals surface area contributed by atoms with Gasteiger partial charge in [-0.15, -0.1) is 0 Å². The molecule has 13 heavy (non-hydrogen) atoms. The van der Waals surface area contributed by atoms with Gasteiger partial charge in [0.05, 0.1) is 5.60 Å². The first-order valence-electron chi connectivity index (χ1n) is 4.96. The Bertz CT molecular complexity index is 199. The van der Waals surface area contributed by atoms with Crippen molar-refractivity contribution in [3.63, 3.8) is 0 Å². The predicted molar refractivity (Wildman–Crippen MR) is 54.8 cm³/mol. The van der Waals surface area contributed by atoms with Gasteiger partial charge in [0.15, 0.2) is 0 Å². The Morgan fingerprint density at radius 2 is 2.23 bits per heavy atom. The molecule has 3 heteroatoms. The van der Waals surface area contributed by atoms with E-state index < -0.39 is 0 Å². The van der Waals surface area contributed by atoms with Crippen molar-refractivity contribution >= 4 is 5.71 Å². The molecule has 1 rings (SSSR count). The third-order valence-corrected chi connectivity index (χ3v) is 2.08. The Morgan fingerprint density at radius 1 is 1.54 bits per heavy atom. The number of hydrogen-bond donors (Lipinski definition) is 0. The van der Waals surface area contributed by atoms with E-state index in [0.717, 1.165) is 25.1 Å². The average molecular weight is 184 g/mol. The van der Waals surface area contributed by atoms with Crippen molar-refractivity contribution in [2.75, 3.05) is 13.3 Å². The smallest absolute Gasteiger partial charge is 0.135 e. The fourth-order valence-corrected chi connectivity index (χ4v) is 1.59. The molecule has 1 heterocycles. The molecule has 0 aromatic carbocycles. The normalized spacial score (nSPS) is 22.5. The summed E-state index contributed by atoms with van der Waals surface area (Å²) in [5.74, 6) is 0. The van der Waals surface area contributed by atoms with E-state index in [1.807, 2.05) is 5.01 Å². The molecule has 0 saturated carbocycles. The summed E-state index contributed by atoms with van der Waals surface area (Å²) in [5.41, 5.74) is 1.10. The molecule has 1 aliphatic heterocycles. The van der Waals surface area contributed by atoms with Gasteiger partial charge in [0.1, 0.15) is 6.73 Å². The summed E-state index contributed by atoms with van der Waals surface area (Å²) >= 11 is 0. The van der Waals surface area contributed by atoms with Gasteiger partial charge in [-0.1, -0.05) is 6.92 Å².